The van der Waals surface area contributed by atoms with Crippen LogP contribution in [0.3, 0.4) is 0 Å². The molecule has 2 aliphatic rings. The number of rotatable bonds is 2. The van der Waals surface area contributed by atoms with Gasteiger partial charge in [-0.1, -0.05) is 20.8 Å². The summed E-state index contributed by atoms with van der Waals surface area (Å²) < 4.78 is 5.59. The van der Waals surface area contributed by atoms with Crippen molar-refractivity contribution < 1.29 is 4.74 Å². The Hall–Kier alpha value is -0.0800. The van der Waals surface area contributed by atoms with E-state index in [0.717, 1.165) is 25.2 Å². The lowest BCUT2D eigenvalue weighted by atomic mass is 9.85. The highest BCUT2D eigenvalue weighted by Gasteiger charge is 2.35. The molecule has 2 heterocycles. The summed E-state index contributed by atoms with van der Waals surface area (Å²) >= 11 is 0. The fourth-order valence-electron chi connectivity index (χ4n) is 3.31. The van der Waals surface area contributed by atoms with Crippen LogP contribution in [0.4, 0.5) is 0 Å². The van der Waals surface area contributed by atoms with E-state index in [1.807, 2.05) is 0 Å². The maximum absolute atomic E-state index is 5.59. The maximum Gasteiger partial charge on any atom is 0.0506 e. The lowest BCUT2D eigenvalue weighted by molar-refractivity contribution is 0.0268. The van der Waals surface area contributed by atoms with E-state index in [0.29, 0.717) is 5.41 Å². The molecule has 2 unspecified atom stereocenters. The summed E-state index contributed by atoms with van der Waals surface area (Å²) in [5, 5.41) is 0. The van der Waals surface area contributed by atoms with Crippen LogP contribution in [0.1, 0.15) is 46.5 Å². The predicted octanol–water partition coefficient (Wildman–Crippen LogP) is 2.92. The van der Waals surface area contributed by atoms with E-state index in [-0.39, 0.29) is 0 Å². The first-order chi connectivity index (χ1) is 7.57. The molecule has 0 spiro atoms. The molecular formula is C14H27NO. The Morgan fingerprint density at radius 2 is 2.00 bits per heavy atom. The summed E-state index contributed by atoms with van der Waals surface area (Å²) in [6.07, 6.45) is 5.40. The Morgan fingerprint density at radius 3 is 2.62 bits per heavy atom. The molecule has 0 bridgehead atoms. The average molecular weight is 225 g/mol. The van der Waals surface area contributed by atoms with Gasteiger partial charge in [-0.2, -0.15) is 0 Å². The highest BCUT2D eigenvalue weighted by molar-refractivity contribution is 4.89. The number of nitrogens with zero attached hydrogens (tertiary/aromatic N) is 1. The van der Waals surface area contributed by atoms with Gasteiger partial charge in [0.1, 0.15) is 0 Å². The van der Waals surface area contributed by atoms with E-state index in [9.17, 15) is 0 Å². The molecule has 2 saturated heterocycles. The van der Waals surface area contributed by atoms with E-state index < -0.39 is 0 Å². The van der Waals surface area contributed by atoms with Gasteiger partial charge in [0, 0.05) is 19.2 Å². The van der Waals surface area contributed by atoms with Gasteiger partial charge >= 0.3 is 0 Å². The Balaban J connectivity index is 1.88. The number of hydrogen-bond donors (Lipinski definition) is 0. The van der Waals surface area contributed by atoms with Gasteiger partial charge < -0.3 is 4.74 Å². The SMILES string of the molecule is CC(C)(C)C1CCCN1CC1CCCOC1. The zero-order chi connectivity index (χ0) is 11.6. The molecular weight excluding hydrogens is 198 g/mol. The molecule has 2 aliphatic heterocycles. The molecule has 0 radical (unpaired) electrons. The van der Waals surface area contributed by atoms with Gasteiger partial charge in [-0.15, -0.1) is 0 Å². The van der Waals surface area contributed by atoms with Crippen LogP contribution in [0.25, 0.3) is 0 Å². The van der Waals surface area contributed by atoms with Crippen molar-refractivity contribution >= 4 is 0 Å². The average Bonchev–Trinajstić information content (AvgIpc) is 2.67. The summed E-state index contributed by atoms with van der Waals surface area (Å²) in [7, 11) is 0. The molecule has 2 nitrogen and oxygen atoms in total. The van der Waals surface area contributed by atoms with Gasteiger partial charge in [0.05, 0.1) is 6.61 Å². The Morgan fingerprint density at radius 1 is 1.19 bits per heavy atom. The zero-order valence-electron chi connectivity index (χ0n) is 11.2. The Bertz CT molecular complexity index is 215. The smallest absolute Gasteiger partial charge is 0.0506 e. The van der Waals surface area contributed by atoms with Crippen LogP contribution in [-0.4, -0.2) is 37.2 Å². The third-order valence-corrected chi connectivity index (χ3v) is 4.11. The first kappa shape index (κ1) is 12.4. The van der Waals surface area contributed by atoms with Crippen LogP contribution < -0.4 is 0 Å². The monoisotopic (exact) mass is 225 g/mol. The third kappa shape index (κ3) is 2.98. The van der Waals surface area contributed by atoms with Crippen LogP contribution in [0.5, 0.6) is 0 Å². The van der Waals surface area contributed by atoms with E-state index >= 15 is 0 Å². The van der Waals surface area contributed by atoms with Crippen molar-refractivity contribution in [1.82, 2.24) is 4.90 Å². The van der Waals surface area contributed by atoms with Crippen molar-refractivity contribution in [2.45, 2.75) is 52.5 Å². The summed E-state index contributed by atoms with van der Waals surface area (Å²) in [5.41, 5.74) is 0.437. The van der Waals surface area contributed by atoms with Crippen molar-refractivity contribution in [3.05, 3.63) is 0 Å². The first-order valence-corrected chi connectivity index (χ1v) is 6.89. The summed E-state index contributed by atoms with van der Waals surface area (Å²) in [4.78, 5) is 2.72. The molecule has 2 rings (SSSR count). The second-order valence-corrected chi connectivity index (χ2v) is 6.60. The van der Waals surface area contributed by atoms with Crippen molar-refractivity contribution in [2.24, 2.45) is 11.3 Å². The molecule has 2 atom stereocenters. The fraction of sp³-hybridized carbons (Fsp3) is 1.00. The molecule has 16 heavy (non-hydrogen) atoms. The largest absolute Gasteiger partial charge is 0.381 e. The number of hydrogen-bond acceptors (Lipinski definition) is 2. The van der Waals surface area contributed by atoms with Crippen molar-refractivity contribution in [3.63, 3.8) is 0 Å². The summed E-state index contributed by atoms with van der Waals surface area (Å²) in [5.74, 6) is 0.789. The van der Waals surface area contributed by atoms with Gasteiger partial charge in [-0.25, -0.2) is 0 Å². The molecule has 94 valence electrons. The van der Waals surface area contributed by atoms with Crippen molar-refractivity contribution in [1.29, 1.82) is 0 Å². The molecule has 0 saturated carbocycles. The molecule has 0 aromatic heterocycles. The standard InChI is InChI=1S/C14H27NO/c1-14(2,3)13-7-4-8-15(13)10-12-6-5-9-16-11-12/h12-13H,4-11H2,1-3H3. The Labute approximate surface area is 100 Å². The Kier molecular flexibility index (Phi) is 3.91. The van der Waals surface area contributed by atoms with E-state index in [1.54, 1.807) is 0 Å². The lowest BCUT2D eigenvalue weighted by Crippen LogP contribution is -2.43. The summed E-state index contributed by atoms with van der Waals surface area (Å²) in [6, 6.07) is 0.787. The highest BCUT2D eigenvalue weighted by atomic mass is 16.5. The first-order valence-electron chi connectivity index (χ1n) is 6.89. The fourth-order valence-corrected chi connectivity index (χ4v) is 3.31. The quantitative estimate of drug-likeness (QED) is 0.716. The highest BCUT2D eigenvalue weighted by Crippen LogP contribution is 2.33. The van der Waals surface area contributed by atoms with Gasteiger partial charge in [-0.05, 0) is 43.6 Å². The molecule has 0 amide bonds. The number of ether oxygens (including phenoxy) is 1. The lowest BCUT2D eigenvalue weighted by Gasteiger charge is -2.37. The van der Waals surface area contributed by atoms with E-state index in [4.69, 9.17) is 4.74 Å². The molecule has 0 aromatic carbocycles. The molecule has 0 aliphatic carbocycles. The normalized spacial score (nSPS) is 33.2. The molecule has 0 aromatic rings. The van der Waals surface area contributed by atoms with Crippen LogP contribution in [0.2, 0.25) is 0 Å². The van der Waals surface area contributed by atoms with E-state index in [2.05, 4.69) is 25.7 Å². The van der Waals surface area contributed by atoms with Gasteiger partial charge in [0.2, 0.25) is 0 Å². The second kappa shape index (κ2) is 5.05. The predicted molar refractivity (Wildman–Crippen MR) is 67.6 cm³/mol. The van der Waals surface area contributed by atoms with Crippen LogP contribution >= 0.6 is 0 Å². The van der Waals surface area contributed by atoms with Crippen molar-refractivity contribution in [3.8, 4) is 0 Å². The summed E-state index contributed by atoms with van der Waals surface area (Å²) in [6.45, 7) is 11.7. The molecule has 2 heteroatoms. The van der Waals surface area contributed by atoms with Gasteiger partial charge in [0.25, 0.3) is 0 Å². The maximum atomic E-state index is 5.59. The minimum atomic E-state index is 0.437. The van der Waals surface area contributed by atoms with Crippen LogP contribution in [0, 0.1) is 11.3 Å². The minimum absolute atomic E-state index is 0.437. The topological polar surface area (TPSA) is 12.5 Å². The molecule has 2 fully saturated rings. The third-order valence-electron chi connectivity index (χ3n) is 4.11. The van der Waals surface area contributed by atoms with E-state index in [1.165, 1.54) is 38.8 Å². The zero-order valence-corrected chi connectivity index (χ0v) is 11.2. The van der Waals surface area contributed by atoms with Crippen LogP contribution in [0.15, 0.2) is 0 Å². The minimum Gasteiger partial charge on any atom is -0.381 e. The molecule has 0 N–H and O–H groups in total. The second-order valence-electron chi connectivity index (χ2n) is 6.60. The van der Waals surface area contributed by atoms with Gasteiger partial charge in [0.15, 0.2) is 0 Å². The van der Waals surface area contributed by atoms with Crippen LogP contribution in [-0.2, 0) is 4.74 Å². The number of likely N-dealkylation sites (tertiary alicyclic amines) is 1. The van der Waals surface area contributed by atoms with Gasteiger partial charge in [-0.3, -0.25) is 4.90 Å². The van der Waals surface area contributed by atoms with Crippen molar-refractivity contribution in [2.75, 3.05) is 26.3 Å².